The molecule has 2 rings (SSSR count). The number of hydrogen-bond donors (Lipinski definition) is 0. The monoisotopic (exact) mass is 328 g/mol. The molecule has 2 aromatic rings. The minimum atomic E-state index is -0.338. The molecule has 0 aliphatic carbocycles. The van der Waals surface area contributed by atoms with Gasteiger partial charge in [0.25, 0.3) is 0 Å². The molecule has 0 aromatic heterocycles. The van der Waals surface area contributed by atoms with E-state index in [1.54, 1.807) is 6.07 Å². The minimum Gasteiger partial charge on any atom is -0.489 e. The summed E-state index contributed by atoms with van der Waals surface area (Å²) in [6.07, 6.45) is 0.895. The fourth-order valence-corrected chi connectivity index (χ4v) is 2.31. The second kappa shape index (κ2) is 10.5. The van der Waals surface area contributed by atoms with E-state index in [0.717, 1.165) is 17.5 Å². The van der Waals surface area contributed by atoms with Gasteiger partial charge in [0, 0.05) is 0 Å². The van der Waals surface area contributed by atoms with Crippen LogP contribution >= 0.6 is 0 Å². The Morgan fingerprint density at radius 2 is 1.67 bits per heavy atom. The number of hydrogen-bond acceptors (Lipinski definition) is 3. The number of esters is 1. The maximum Gasteiger partial charge on any atom is 0.337 e. The zero-order valence-corrected chi connectivity index (χ0v) is 15.3. The molecule has 0 bridgehead atoms. The zero-order valence-electron chi connectivity index (χ0n) is 15.3. The Kier molecular flexibility index (Phi) is 8.63. The van der Waals surface area contributed by atoms with Gasteiger partial charge in [-0.15, -0.1) is 0 Å². The van der Waals surface area contributed by atoms with Gasteiger partial charge in [0.05, 0.1) is 12.7 Å². The van der Waals surface area contributed by atoms with E-state index >= 15 is 0 Å². The summed E-state index contributed by atoms with van der Waals surface area (Å²) in [5.74, 6) is 0.868. The van der Waals surface area contributed by atoms with Gasteiger partial charge in [-0.1, -0.05) is 58.0 Å². The molecule has 0 aliphatic rings. The number of methoxy groups -OCH3 is 1. The number of rotatable bonds is 6. The summed E-state index contributed by atoms with van der Waals surface area (Å²) in [5.41, 5.74) is 2.71. The molecule has 24 heavy (non-hydrogen) atoms. The van der Waals surface area contributed by atoms with Crippen LogP contribution in [0.15, 0.2) is 48.5 Å². The molecule has 0 unspecified atom stereocenters. The molecular weight excluding hydrogens is 300 g/mol. The molecule has 0 aliphatic heterocycles. The van der Waals surface area contributed by atoms with Gasteiger partial charge in [-0.3, -0.25) is 0 Å². The highest BCUT2D eigenvalue weighted by molar-refractivity contribution is 5.90. The standard InChI is InChI=1S/C19H22O3.C2H6/c1-14(2)9-16-10-17(19(20)21-3)12-18(11-16)22-13-15-7-5-4-6-8-15;1-2/h4-8,10-12,14H,9,13H2,1-3H3;1-2H3. The van der Waals surface area contributed by atoms with Crippen LogP contribution in [0, 0.1) is 5.92 Å². The fraction of sp³-hybridized carbons (Fsp3) is 0.381. The predicted molar refractivity (Wildman–Crippen MR) is 98.4 cm³/mol. The minimum absolute atomic E-state index is 0.338. The molecule has 0 spiro atoms. The van der Waals surface area contributed by atoms with E-state index in [2.05, 4.69) is 13.8 Å². The van der Waals surface area contributed by atoms with Crippen molar-refractivity contribution in [3.63, 3.8) is 0 Å². The third-order valence-electron chi connectivity index (χ3n) is 3.28. The van der Waals surface area contributed by atoms with E-state index in [1.165, 1.54) is 7.11 Å². The quantitative estimate of drug-likeness (QED) is 0.677. The third kappa shape index (κ3) is 6.45. The van der Waals surface area contributed by atoms with Gasteiger partial charge in [-0.2, -0.15) is 0 Å². The molecule has 0 saturated carbocycles. The molecule has 0 heterocycles. The van der Waals surface area contributed by atoms with E-state index in [-0.39, 0.29) is 5.97 Å². The van der Waals surface area contributed by atoms with Crippen molar-refractivity contribution >= 4 is 5.97 Å². The smallest absolute Gasteiger partial charge is 0.337 e. The number of carbonyl (C=O) groups excluding carboxylic acids is 1. The number of benzene rings is 2. The Hall–Kier alpha value is -2.29. The van der Waals surface area contributed by atoms with E-state index < -0.39 is 0 Å². The largest absolute Gasteiger partial charge is 0.489 e. The van der Waals surface area contributed by atoms with Crippen molar-refractivity contribution < 1.29 is 14.3 Å². The summed E-state index contributed by atoms with van der Waals surface area (Å²) in [6, 6.07) is 15.6. The van der Waals surface area contributed by atoms with Gasteiger partial charge in [0.2, 0.25) is 0 Å². The topological polar surface area (TPSA) is 35.5 Å². The predicted octanol–water partition coefficient (Wildman–Crippen LogP) is 5.28. The highest BCUT2D eigenvalue weighted by Gasteiger charge is 2.11. The summed E-state index contributed by atoms with van der Waals surface area (Å²) in [5, 5.41) is 0. The second-order valence-corrected chi connectivity index (χ2v) is 5.73. The molecule has 0 amide bonds. The Balaban J connectivity index is 0.00000139. The molecule has 0 saturated heterocycles. The molecule has 0 radical (unpaired) electrons. The summed E-state index contributed by atoms with van der Waals surface area (Å²) < 4.78 is 10.7. The van der Waals surface area contributed by atoms with E-state index in [9.17, 15) is 4.79 Å². The van der Waals surface area contributed by atoms with Crippen LogP contribution < -0.4 is 4.74 Å². The number of carbonyl (C=O) groups is 1. The van der Waals surface area contributed by atoms with Crippen LogP contribution in [0.1, 0.15) is 49.2 Å². The van der Waals surface area contributed by atoms with Gasteiger partial charge < -0.3 is 9.47 Å². The van der Waals surface area contributed by atoms with Crippen LogP contribution in [0.25, 0.3) is 0 Å². The summed E-state index contributed by atoms with van der Waals surface area (Å²) in [6.45, 7) is 8.78. The number of ether oxygens (including phenoxy) is 2. The first-order valence-electron chi connectivity index (χ1n) is 8.47. The second-order valence-electron chi connectivity index (χ2n) is 5.73. The SMILES string of the molecule is CC.COC(=O)c1cc(CC(C)C)cc(OCc2ccccc2)c1. The van der Waals surface area contributed by atoms with E-state index in [0.29, 0.717) is 23.8 Å². The molecule has 3 nitrogen and oxygen atoms in total. The summed E-state index contributed by atoms with van der Waals surface area (Å²) in [7, 11) is 1.39. The Bertz CT molecular complexity index is 618. The molecule has 0 atom stereocenters. The Labute approximate surface area is 145 Å². The van der Waals surface area contributed by atoms with Crippen molar-refractivity contribution in [2.75, 3.05) is 7.11 Å². The van der Waals surface area contributed by atoms with Gasteiger partial charge in [-0.25, -0.2) is 4.79 Å². The summed E-state index contributed by atoms with van der Waals surface area (Å²) in [4.78, 5) is 11.8. The normalized spacial score (nSPS) is 9.92. The van der Waals surface area contributed by atoms with Crippen molar-refractivity contribution in [1.29, 1.82) is 0 Å². The lowest BCUT2D eigenvalue weighted by atomic mass is 10.0. The van der Waals surface area contributed by atoms with Crippen LogP contribution in [0.3, 0.4) is 0 Å². The maximum absolute atomic E-state index is 11.8. The van der Waals surface area contributed by atoms with Gasteiger partial charge in [0.15, 0.2) is 0 Å². The molecule has 3 heteroatoms. The fourth-order valence-electron chi connectivity index (χ4n) is 2.31. The van der Waals surface area contributed by atoms with Crippen LogP contribution in [-0.4, -0.2) is 13.1 Å². The molecule has 0 fully saturated rings. The lowest BCUT2D eigenvalue weighted by molar-refractivity contribution is 0.0600. The van der Waals surface area contributed by atoms with Crippen LogP contribution in [-0.2, 0) is 17.8 Å². The van der Waals surface area contributed by atoms with E-state index in [1.807, 2.05) is 56.3 Å². The van der Waals surface area contributed by atoms with Gasteiger partial charge >= 0.3 is 5.97 Å². The van der Waals surface area contributed by atoms with Gasteiger partial charge in [-0.05, 0) is 41.7 Å². The first-order valence-corrected chi connectivity index (χ1v) is 8.47. The van der Waals surface area contributed by atoms with Crippen LogP contribution in [0.5, 0.6) is 5.75 Å². The molecule has 2 aromatic carbocycles. The molecule has 0 N–H and O–H groups in total. The highest BCUT2D eigenvalue weighted by Crippen LogP contribution is 2.21. The lowest BCUT2D eigenvalue weighted by Gasteiger charge is -2.12. The van der Waals surface area contributed by atoms with Crippen LogP contribution in [0.2, 0.25) is 0 Å². The Morgan fingerprint density at radius 1 is 1.00 bits per heavy atom. The van der Waals surface area contributed by atoms with Crippen molar-refractivity contribution in [3.8, 4) is 5.75 Å². The van der Waals surface area contributed by atoms with Gasteiger partial charge in [0.1, 0.15) is 12.4 Å². The third-order valence-corrected chi connectivity index (χ3v) is 3.28. The highest BCUT2D eigenvalue weighted by atomic mass is 16.5. The van der Waals surface area contributed by atoms with Crippen molar-refractivity contribution in [2.45, 2.75) is 40.7 Å². The average molecular weight is 328 g/mol. The zero-order chi connectivity index (χ0) is 17.9. The Morgan fingerprint density at radius 3 is 2.25 bits per heavy atom. The average Bonchev–Trinajstić information content (AvgIpc) is 2.61. The lowest BCUT2D eigenvalue weighted by Crippen LogP contribution is -2.05. The summed E-state index contributed by atoms with van der Waals surface area (Å²) >= 11 is 0. The molecule has 130 valence electrons. The van der Waals surface area contributed by atoms with Crippen molar-refractivity contribution in [1.82, 2.24) is 0 Å². The van der Waals surface area contributed by atoms with Crippen molar-refractivity contribution in [3.05, 3.63) is 65.2 Å². The first-order chi connectivity index (χ1) is 11.6. The van der Waals surface area contributed by atoms with Crippen LogP contribution in [0.4, 0.5) is 0 Å². The first kappa shape index (κ1) is 19.8. The van der Waals surface area contributed by atoms with Crippen molar-refractivity contribution in [2.24, 2.45) is 5.92 Å². The van der Waals surface area contributed by atoms with E-state index in [4.69, 9.17) is 9.47 Å². The maximum atomic E-state index is 11.8. The molecular formula is C21H28O3.